The molecular formula is C20H30N2O3. The predicted octanol–water partition coefficient (Wildman–Crippen LogP) is 3.52. The molecule has 0 amide bonds. The maximum Gasteiger partial charge on any atom is 0.306 e. The van der Waals surface area contributed by atoms with Crippen molar-refractivity contribution in [1.29, 1.82) is 0 Å². The fourth-order valence-corrected chi connectivity index (χ4v) is 3.58. The standard InChI is InChI=1S/C20H30N2O3/c1-13(14(2)20(23)24)12-25-18-10-15(11-18)5-7-17-8-6-16-4-3-9-21-19(16)22-17/h6,8,13-15,18H,3-5,7,9-12H2,1-2H3,(H,21,22)(H,23,24). The lowest BCUT2D eigenvalue weighted by molar-refractivity contribution is -0.144. The Kier molecular flexibility index (Phi) is 5.94. The molecule has 5 nitrogen and oxygen atoms in total. The molecule has 2 heterocycles. The molecule has 2 aliphatic rings. The Labute approximate surface area is 150 Å². The lowest BCUT2D eigenvalue weighted by Crippen LogP contribution is -2.34. The van der Waals surface area contributed by atoms with Crippen molar-refractivity contribution in [3.8, 4) is 0 Å². The second-order valence-corrected chi connectivity index (χ2v) is 7.78. The summed E-state index contributed by atoms with van der Waals surface area (Å²) in [7, 11) is 0. The van der Waals surface area contributed by atoms with Crippen LogP contribution in [0.1, 0.15) is 50.8 Å². The summed E-state index contributed by atoms with van der Waals surface area (Å²) in [6.45, 7) is 5.28. The smallest absolute Gasteiger partial charge is 0.306 e. The molecule has 0 aromatic carbocycles. The van der Waals surface area contributed by atoms with Gasteiger partial charge in [-0.3, -0.25) is 4.79 Å². The first-order chi connectivity index (χ1) is 12.0. The van der Waals surface area contributed by atoms with Gasteiger partial charge in [0, 0.05) is 12.2 Å². The van der Waals surface area contributed by atoms with Gasteiger partial charge in [0.2, 0.25) is 0 Å². The number of anilines is 1. The summed E-state index contributed by atoms with van der Waals surface area (Å²) in [5.41, 5.74) is 2.53. The van der Waals surface area contributed by atoms with Gasteiger partial charge in [-0.2, -0.15) is 0 Å². The average Bonchev–Trinajstić information content (AvgIpc) is 2.58. The number of fused-ring (bicyclic) bond motifs is 1. The van der Waals surface area contributed by atoms with Crippen LogP contribution in [0.2, 0.25) is 0 Å². The lowest BCUT2D eigenvalue weighted by atomic mass is 9.79. The number of pyridine rings is 1. The minimum absolute atomic E-state index is 0.0590. The number of hydrogen-bond donors (Lipinski definition) is 2. The van der Waals surface area contributed by atoms with Crippen molar-refractivity contribution in [2.75, 3.05) is 18.5 Å². The summed E-state index contributed by atoms with van der Waals surface area (Å²) >= 11 is 0. The minimum atomic E-state index is -0.741. The summed E-state index contributed by atoms with van der Waals surface area (Å²) in [6, 6.07) is 4.40. The Morgan fingerprint density at radius 2 is 2.20 bits per heavy atom. The highest BCUT2D eigenvalue weighted by Crippen LogP contribution is 2.34. The number of nitrogens with zero attached hydrogens (tertiary/aromatic N) is 1. The van der Waals surface area contributed by atoms with Crippen molar-refractivity contribution in [3.05, 3.63) is 23.4 Å². The van der Waals surface area contributed by atoms with Crippen LogP contribution in [-0.4, -0.2) is 35.3 Å². The van der Waals surface area contributed by atoms with Crippen LogP contribution in [0.5, 0.6) is 0 Å². The highest BCUT2D eigenvalue weighted by atomic mass is 16.5. The van der Waals surface area contributed by atoms with Gasteiger partial charge in [-0.1, -0.05) is 19.9 Å². The number of hydrogen-bond acceptors (Lipinski definition) is 4. The third kappa shape index (κ3) is 4.72. The third-order valence-corrected chi connectivity index (χ3v) is 5.79. The van der Waals surface area contributed by atoms with Crippen molar-refractivity contribution in [3.63, 3.8) is 0 Å². The van der Waals surface area contributed by atoms with Crippen LogP contribution in [-0.2, 0) is 22.4 Å². The maximum atomic E-state index is 11.0. The van der Waals surface area contributed by atoms with Crippen LogP contribution in [0.25, 0.3) is 0 Å². The fraction of sp³-hybridized carbons (Fsp3) is 0.700. The molecule has 138 valence electrons. The number of carboxylic acids is 1. The SMILES string of the molecule is CC(COC1CC(CCc2ccc3c(n2)NCCC3)C1)C(C)C(=O)O. The Balaban J connectivity index is 1.35. The Bertz CT molecular complexity index is 599. The van der Waals surface area contributed by atoms with E-state index in [2.05, 4.69) is 17.4 Å². The second kappa shape index (κ2) is 8.17. The van der Waals surface area contributed by atoms with Gasteiger partial charge in [0.05, 0.1) is 18.6 Å². The fourth-order valence-electron chi connectivity index (χ4n) is 3.58. The van der Waals surface area contributed by atoms with E-state index in [0.29, 0.717) is 18.6 Å². The van der Waals surface area contributed by atoms with Gasteiger partial charge in [-0.15, -0.1) is 0 Å². The van der Waals surface area contributed by atoms with Crippen LogP contribution in [0.15, 0.2) is 12.1 Å². The van der Waals surface area contributed by atoms with Crippen molar-refractivity contribution in [2.45, 2.75) is 58.5 Å². The molecule has 3 rings (SSSR count). The van der Waals surface area contributed by atoms with E-state index in [1.165, 1.54) is 17.7 Å². The molecule has 2 atom stereocenters. The molecule has 1 fully saturated rings. The van der Waals surface area contributed by atoms with Gasteiger partial charge in [-0.25, -0.2) is 4.98 Å². The summed E-state index contributed by atoms with van der Waals surface area (Å²) in [5, 5.41) is 12.4. The molecule has 1 aromatic rings. The van der Waals surface area contributed by atoms with Gasteiger partial charge >= 0.3 is 5.97 Å². The van der Waals surface area contributed by atoms with Crippen LogP contribution in [0.4, 0.5) is 5.82 Å². The van der Waals surface area contributed by atoms with Crippen LogP contribution < -0.4 is 5.32 Å². The molecule has 5 heteroatoms. The van der Waals surface area contributed by atoms with E-state index < -0.39 is 5.97 Å². The quantitative estimate of drug-likeness (QED) is 0.753. The summed E-state index contributed by atoms with van der Waals surface area (Å²) in [4.78, 5) is 15.7. The first-order valence-corrected chi connectivity index (χ1v) is 9.60. The normalized spacial score (nSPS) is 24.6. The molecular weight excluding hydrogens is 316 g/mol. The molecule has 0 saturated heterocycles. The average molecular weight is 346 g/mol. The zero-order valence-corrected chi connectivity index (χ0v) is 15.3. The number of aliphatic carboxylic acids is 1. The van der Waals surface area contributed by atoms with Gasteiger partial charge in [0.15, 0.2) is 0 Å². The van der Waals surface area contributed by atoms with Crippen molar-refractivity contribution >= 4 is 11.8 Å². The van der Waals surface area contributed by atoms with Crippen LogP contribution in [0.3, 0.4) is 0 Å². The molecule has 0 radical (unpaired) electrons. The minimum Gasteiger partial charge on any atom is -0.481 e. The number of carboxylic acid groups (broad SMARTS) is 1. The number of carbonyl (C=O) groups is 1. The number of rotatable bonds is 8. The lowest BCUT2D eigenvalue weighted by Gasteiger charge is -2.36. The van der Waals surface area contributed by atoms with Gasteiger partial charge in [0.25, 0.3) is 0 Å². The Hall–Kier alpha value is -1.62. The summed E-state index contributed by atoms with van der Waals surface area (Å²) in [6.07, 6.45) is 7.02. The zero-order chi connectivity index (χ0) is 17.8. The second-order valence-electron chi connectivity index (χ2n) is 7.78. The monoisotopic (exact) mass is 346 g/mol. The van der Waals surface area contributed by atoms with E-state index >= 15 is 0 Å². The molecule has 1 aliphatic carbocycles. The van der Waals surface area contributed by atoms with Gasteiger partial charge in [-0.05, 0) is 62.0 Å². The van der Waals surface area contributed by atoms with E-state index in [1.807, 2.05) is 6.92 Å². The van der Waals surface area contributed by atoms with E-state index in [0.717, 1.165) is 44.5 Å². The summed E-state index contributed by atoms with van der Waals surface area (Å²) in [5.74, 6) is 0.765. The molecule has 0 bridgehead atoms. The maximum absolute atomic E-state index is 11.0. The first kappa shape index (κ1) is 18.2. The van der Waals surface area contributed by atoms with E-state index in [-0.39, 0.29) is 11.8 Å². The molecule has 1 aromatic heterocycles. The highest BCUT2D eigenvalue weighted by molar-refractivity contribution is 5.69. The zero-order valence-electron chi connectivity index (χ0n) is 15.3. The topological polar surface area (TPSA) is 71.5 Å². The Morgan fingerprint density at radius 3 is 2.96 bits per heavy atom. The van der Waals surface area contributed by atoms with Gasteiger partial charge in [0.1, 0.15) is 5.82 Å². The first-order valence-electron chi connectivity index (χ1n) is 9.60. The molecule has 1 aliphatic heterocycles. The molecule has 25 heavy (non-hydrogen) atoms. The molecule has 2 unspecified atom stereocenters. The van der Waals surface area contributed by atoms with Crippen molar-refractivity contribution in [2.24, 2.45) is 17.8 Å². The van der Waals surface area contributed by atoms with Crippen molar-refractivity contribution in [1.82, 2.24) is 4.98 Å². The summed E-state index contributed by atoms with van der Waals surface area (Å²) < 4.78 is 5.88. The molecule has 0 spiro atoms. The number of ether oxygens (including phenoxy) is 1. The largest absolute Gasteiger partial charge is 0.481 e. The number of nitrogens with one attached hydrogen (secondary N) is 1. The van der Waals surface area contributed by atoms with E-state index in [1.54, 1.807) is 6.92 Å². The molecule has 2 N–H and O–H groups in total. The molecule has 1 saturated carbocycles. The predicted molar refractivity (Wildman–Crippen MR) is 97.8 cm³/mol. The van der Waals surface area contributed by atoms with Crippen LogP contribution in [0, 0.1) is 17.8 Å². The van der Waals surface area contributed by atoms with E-state index in [4.69, 9.17) is 14.8 Å². The number of aryl methyl sites for hydroxylation is 2. The van der Waals surface area contributed by atoms with Gasteiger partial charge < -0.3 is 15.2 Å². The Morgan fingerprint density at radius 1 is 1.40 bits per heavy atom. The van der Waals surface area contributed by atoms with E-state index in [9.17, 15) is 4.79 Å². The third-order valence-electron chi connectivity index (χ3n) is 5.79. The van der Waals surface area contributed by atoms with Crippen molar-refractivity contribution < 1.29 is 14.6 Å². The number of aromatic nitrogens is 1. The highest BCUT2D eigenvalue weighted by Gasteiger charge is 2.31. The van der Waals surface area contributed by atoms with Crippen LogP contribution >= 0.6 is 0 Å².